The molecule has 0 N–H and O–H groups in total. The van der Waals surface area contributed by atoms with Crippen molar-refractivity contribution in [3.05, 3.63) is 54.6 Å². The Bertz CT molecular complexity index is 662. The standard InChI is InChI=1S/C25H36N2O/c1-3-5-7-9-10-11-12-14-22-20-26-25(27-21-22)23-15-17-24(18-16-23)28-19-13-8-6-4-2/h13,15-21H,3-12,14H2,1-2H3/b19-13-. The molecule has 0 bridgehead atoms. The number of nitrogens with zero attached hydrogens (tertiary/aromatic N) is 2. The molecule has 28 heavy (non-hydrogen) atoms. The topological polar surface area (TPSA) is 35.0 Å². The predicted molar refractivity (Wildman–Crippen MR) is 118 cm³/mol. The summed E-state index contributed by atoms with van der Waals surface area (Å²) in [5.74, 6) is 1.61. The van der Waals surface area contributed by atoms with Gasteiger partial charge in [0.05, 0.1) is 6.26 Å². The fraction of sp³-hybridized carbons (Fsp3) is 0.520. The highest BCUT2D eigenvalue weighted by atomic mass is 16.5. The molecule has 0 radical (unpaired) electrons. The monoisotopic (exact) mass is 380 g/mol. The lowest BCUT2D eigenvalue weighted by Gasteiger charge is -2.05. The molecule has 0 fully saturated rings. The number of hydrogen-bond donors (Lipinski definition) is 0. The third-order valence-electron chi connectivity index (χ3n) is 4.91. The van der Waals surface area contributed by atoms with Gasteiger partial charge in [-0.2, -0.15) is 0 Å². The van der Waals surface area contributed by atoms with Crippen molar-refractivity contribution in [2.75, 3.05) is 0 Å². The lowest BCUT2D eigenvalue weighted by molar-refractivity contribution is 0.478. The van der Waals surface area contributed by atoms with Crippen LogP contribution >= 0.6 is 0 Å². The van der Waals surface area contributed by atoms with E-state index >= 15 is 0 Å². The summed E-state index contributed by atoms with van der Waals surface area (Å²) in [7, 11) is 0. The third kappa shape index (κ3) is 8.69. The Morgan fingerprint density at radius 3 is 2.11 bits per heavy atom. The zero-order valence-corrected chi connectivity index (χ0v) is 17.7. The average Bonchev–Trinajstić information content (AvgIpc) is 2.74. The smallest absolute Gasteiger partial charge is 0.159 e. The van der Waals surface area contributed by atoms with E-state index < -0.39 is 0 Å². The average molecular weight is 381 g/mol. The Hall–Kier alpha value is -2.16. The largest absolute Gasteiger partial charge is 0.465 e. The molecular formula is C25H36N2O. The van der Waals surface area contributed by atoms with Crippen molar-refractivity contribution in [1.82, 2.24) is 9.97 Å². The minimum Gasteiger partial charge on any atom is -0.465 e. The molecule has 2 rings (SSSR count). The van der Waals surface area contributed by atoms with E-state index in [0.29, 0.717) is 0 Å². The van der Waals surface area contributed by atoms with E-state index in [0.717, 1.165) is 30.0 Å². The van der Waals surface area contributed by atoms with Crippen LogP contribution in [0.5, 0.6) is 5.75 Å². The van der Waals surface area contributed by atoms with Crippen molar-refractivity contribution < 1.29 is 4.74 Å². The first-order valence-electron chi connectivity index (χ1n) is 11.1. The van der Waals surface area contributed by atoms with Crippen LogP contribution in [0.4, 0.5) is 0 Å². The number of allylic oxidation sites excluding steroid dienone is 1. The van der Waals surface area contributed by atoms with Crippen LogP contribution in [-0.4, -0.2) is 9.97 Å². The molecule has 0 saturated carbocycles. The molecule has 0 unspecified atom stereocenters. The van der Waals surface area contributed by atoms with E-state index in [9.17, 15) is 0 Å². The van der Waals surface area contributed by atoms with Crippen molar-refractivity contribution in [3.8, 4) is 17.1 Å². The highest BCUT2D eigenvalue weighted by Gasteiger charge is 2.02. The van der Waals surface area contributed by atoms with Crippen LogP contribution in [-0.2, 0) is 6.42 Å². The summed E-state index contributed by atoms with van der Waals surface area (Å²) >= 11 is 0. The molecule has 3 nitrogen and oxygen atoms in total. The Kier molecular flexibility index (Phi) is 11.0. The summed E-state index contributed by atoms with van der Waals surface area (Å²) in [6, 6.07) is 7.96. The maximum absolute atomic E-state index is 5.63. The van der Waals surface area contributed by atoms with Crippen molar-refractivity contribution in [3.63, 3.8) is 0 Å². The third-order valence-corrected chi connectivity index (χ3v) is 4.91. The van der Waals surface area contributed by atoms with Gasteiger partial charge in [0.1, 0.15) is 5.75 Å². The molecule has 2 aromatic rings. The van der Waals surface area contributed by atoms with Crippen LogP contribution in [0.25, 0.3) is 11.4 Å². The number of unbranched alkanes of at least 4 members (excludes halogenated alkanes) is 8. The van der Waals surface area contributed by atoms with Crippen molar-refractivity contribution in [2.24, 2.45) is 0 Å². The Morgan fingerprint density at radius 2 is 1.43 bits per heavy atom. The molecule has 0 aliphatic rings. The van der Waals surface area contributed by atoms with Gasteiger partial charge in [-0.05, 0) is 61.6 Å². The van der Waals surface area contributed by atoms with Gasteiger partial charge < -0.3 is 4.74 Å². The van der Waals surface area contributed by atoms with E-state index in [2.05, 4.69) is 29.9 Å². The second kappa shape index (κ2) is 13.9. The van der Waals surface area contributed by atoms with Gasteiger partial charge in [-0.1, -0.05) is 58.8 Å². The first-order valence-corrected chi connectivity index (χ1v) is 11.1. The Balaban J connectivity index is 1.74. The van der Waals surface area contributed by atoms with Crippen LogP contribution in [0.2, 0.25) is 0 Å². The Morgan fingerprint density at radius 1 is 0.786 bits per heavy atom. The van der Waals surface area contributed by atoms with Crippen molar-refractivity contribution >= 4 is 0 Å². The molecule has 0 aliphatic heterocycles. The highest BCUT2D eigenvalue weighted by molar-refractivity contribution is 5.55. The van der Waals surface area contributed by atoms with Gasteiger partial charge in [0, 0.05) is 18.0 Å². The summed E-state index contributed by atoms with van der Waals surface area (Å²) < 4.78 is 5.63. The summed E-state index contributed by atoms with van der Waals surface area (Å²) in [5.41, 5.74) is 2.25. The molecule has 152 valence electrons. The van der Waals surface area contributed by atoms with E-state index in [1.165, 1.54) is 63.4 Å². The number of hydrogen-bond acceptors (Lipinski definition) is 3. The van der Waals surface area contributed by atoms with Crippen LogP contribution in [0, 0.1) is 0 Å². The summed E-state index contributed by atoms with van der Waals surface area (Å²) in [6.07, 6.45) is 21.7. The van der Waals surface area contributed by atoms with E-state index in [1.54, 1.807) is 6.26 Å². The van der Waals surface area contributed by atoms with Crippen LogP contribution < -0.4 is 4.74 Å². The van der Waals surface area contributed by atoms with Gasteiger partial charge in [0.15, 0.2) is 5.82 Å². The number of ether oxygens (including phenoxy) is 1. The zero-order valence-electron chi connectivity index (χ0n) is 17.7. The maximum atomic E-state index is 5.63. The van der Waals surface area contributed by atoms with Gasteiger partial charge in [0.2, 0.25) is 0 Å². The van der Waals surface area contributed by atoms with Crippen LogP contribution in [0.15, 0.2) is 49.0 Å². The van der Waals surface area contributed by atoms with E-state index in [-0.39, 0.29) is 0 Å². The quantitative estimate of drug-likeness (QED) is 0.251. The van der Waals surface area contributed by atoms with Gasteiger partial charge in [-0.3, -0.25) is 0 Å². The van der Waals surface area contributed by atoms with Crippen LogP contribution in [0.1, 0.15) is 83.6 Å². The van der Waals surface area contributed by atoms with Crippen molar-refractivity contribution in [2.45, 2.75) is 84.5 Å². The molecule has 0 saturated heterocycles. The van der Waals surface area contributed by atoms with Gasteiger partial charge in [0.25, 0.3) is 0 Å². The fourth-order valence-electron chi connectivity index (χ4n) is 3.12. The van der Waals surface area contributed by atoms with E-state index in [4.69, 9.17) is 4.74 Å². The fourth-order valence-corrected chi connectivity index (χ4v) is 3.12. The first-order chi connectivity index (χ1) is 13.8. The molecule has 1 heterocycles. The predicted octanol–water partition coefficient (Wildman–Crippen LogP) is 7.52. The Labute approximate surface area is 171 Å². The summed E-state index contributed by atoms with van der Waals surface area (Å²) in [4.78, 5) is 9.10. The summed E-state index contributed by atoms with van der Waals surface area (Å²) in [6.45, 7) is 4.45. The molecule has 1 aromatic carbocycles. The van der Waals surface area contributed by atoms with Gasteiger partial charge >= 0.3 is 0 Å². The molecule has 0 spiro atoms. The minimum absolute atomic E-state index is 0.772. The number of benzene rings is 1. The normalized spacial score (nSPS) is 11.2. The molecule has 0 atom stereocenters. The van der Waals surface area contributed by atoms with E-state index in [1.807, 2.05) is 36.7 Å². The molecule has 3 heteroatoms. The zero-order chi connectivity index (χ0) is 19.9. The number of aryl methyl sites for hydroxylation is 1. The highest BCUT2D eigenvalue weighted by Crippen LogP contribution is 2.20. The lowest BCUT2D eigenvalue weighted by atomic mass is 10.1. The molecule has 1 aromatic heterocycles. The molecule has 0 aliphatic carbocycles. The summed E-state index contributed by atoms with van der Waals surface area (Å²) in [5, 5.41) is 0. The van der Waals surface area contributed by atoms with Gasteiger partial charge in [-0.25, -0.2) is 9.97 Å². The second-order valence-electron chi connectivity index (χ2n) is 7.44. The molecule has 0 amide bonds. The SMILES string of the molecule is CCCC/C=C\Oc1ccc(-c2ncc(CCCCCCCCC)cn2)cc1. The van der Waals surface area contributed by atoms with Crippen LogP contribution in [0.3, 0.4) is 0 Å². The number of rotatable bonds is 14. The second-order valence-corrected chi connectivity index (χ2v) is 7.44. The molecular weight excluding hydrogens is 344 g/mol. The first kappa shape index (κ1) is 22.1. The number of aromatic nitrogens is 2. The van der Waals surface area contributed by atoms with Crippen molar-refractivity contribution in [1.29, 1.82) is 0 Å². The maximum Gasteiger partial charge on any atom is 0.159 e. The minimum atomic E-state index is 0.772. The lowest BCUT2D eigenvalue weighted by Crippen LogP contribution is -1.93. The van der Waals surface area contributed by atoms with Gasteiger partial charge in [-0.15, -0.1) is 0 Å².